The Labute approximate surface area is 103 Å². The molecule has 1 heterocycles. The number of alkyl halides is 1. The summed E-state index contributed by atoms with van der Waals surface area (Å²) in [6.45, 7) is 0.758. The number of ether oxygens (including phenoxy) is 1. The summed E-state index contributed by atoms with van der Waals surface area (Å²) in [4.78, 5) is 0. The summed E-state index contributed by atoms with van der Waals surface area (Å²) < 4.78 is 5.65. The first-order valence-electron chi connectivity index (χ1n) is 4.60. The van der Waals surface area contributed by atoms with Crippen molar-refractivity contribution in [2.75, 3.05) is 12.4 Å². The second-order valence-corrected chi connectivity index (χ2v) is 4.50. The third kappa shape index (κ3) is 2.58. The first kappa shape index (κ1) is 11.5. The Morgan fingerprint density at radius 1 is 1.33 bits per heavy atom. The predicted octanol–water partition coefficient (Wildman–Crippen LogP) is 3.22. The Kier molecular flexibility index (Phi) is 3.75. The molecule has 2 atom stereocenters. The van der Waals surface area contributed by atoms with Crippen LogP contribution in [0.1, 0.15) is 11.8 Å². The van der Waals surface area contributed by atoms with Gasteiger partial charge in [0.2, 0.25) is 0 Å². The molecule has 15 heavy (non-hydrogen) atoms. The molecule has 2 unspecified atom stereocenters. The molecule has 1 aromatic carbocycles. The summed E-state index contributed by atoms with van der Waals surface area (Å²) in [6.07, 6.45) is -0.0744. The van der Waals surface area contributed by atoms with Crippen LogP contribution in [0.3, 0.4) is 0 Å². The molecule has 2 rings (SSSR count). The van der Waals surface area contributed by atoms with Gasteiger partial charge in [-0.1, -0.05) is 29.3 Å². The molecular weight excluding hydrogens is 256 g/mol. The van der Waals surface area contributed by atoms with Crippen molar-refractivity contribution in [3.05, 3.63) is 33.8 Å². The average Bonchev–Trinajstić information content (AvgIpc) is 2.70. The van der Waals surface area contributed by atoms with Crippen LogP contribution in [0.15, 0.2) is 18.2 Å². The van der Waals surface area contributed by atoms with Crippen LogP contribution >= 0.6 is 34.8 Å². The maximum absolute atomic E-state index is 5.92. The highest BCUT2D eigenvalue weighted by Gasteiger charge is 2.25. The van der Waals surface area contributed by atoms with E-state index in [9.17, 15) is 0 Å². The molecule has 0 spiro atoms. The van der Waals surface area contributed by atoms with Gasteiger partial charge in [0.25, 0.3) is 0 Å². The number of benzene rings is 1. The van der Waals surface area contributed by atoms with Gasteiger partial charge in [-0.05, 0) is 17.7 Å². The lowest BCUT2D eigenvalue weighted by Crippen LogP contribution is -2.15. The van der Waals surface area contributed by atoms with Crippen LogP contribution < -0.4 is 5.32 Å². The van der Waals surface area contributed by atoms with Crippen LogP contribution in [0.25, 0.3) is 0 Å². The van der Waals surface area contributed by atoms with Gasteiger partial charge >= 0.3 is 0 Å². The first-order chi connectivity index (χ1) is 7.20. The zero-order valence-electron chi connectivity index (χ0n) is 7.84. The number of rotatable bonds is 2. The quantitative estimate of drug-likeness (QED) is 0.830. The van der Waals surface area contributed by atoms with Crippen molar-refractivity contribution in [3.8, 4) is 0 Å². The van der Waals surface area contributed by atoms with Crippen LogP contribution in [-0.2, 0) is 4.74 Å². The normalized spacial score (nSPS) is 25.8. The monoisotopic (exact) mass is 265 g/mol. The summed E-state index contributed by atoms with van der Waals surface area (Å²) in [7, 11) is 0. The molecule has 82 valence electrons. The molecule has 0 radical (unpaired) electrons. The highest BCUT2D eigenvalue weighted by atomic mass is 35.5. The maximum atomic E-state index is 5.92. The van der Waals surface area contributed by atoms with Gasteiger partial charge in [-0.3, -0.25) is 5.32 Å². The molecule has 1 saturated heterocycles. The van der Waals surface area contributed by atoms with E-state index in [1.165, 1.54) is 0 Å². The fourth-order valence-electron chi connectivity index (χ4n) is 1.49. The summed E-state index contributed by atoms with van der Waals surface area (Å²) >= 11 is 17.5. The molecule has 1 N–H and O–H groups in total. The molecule has 0 aromatic heterocycles. The largest absolute Gasteiger partial charge is 0.353 e. The zero-order valence-corrected chi connectivity index (χ0v) is 10.1. The minimum absolute atomic E-state index is 0.0612. The summed E-state index contributed by atoms with van der Waals surface area (Å²) in [5.41, 5.74) is 0.969. The van der Waals surface area contributed by atoms with E-state index < -0.39 is 0 Å². The Balaban J connectivity index is 2.13. The first-order valence-corrected chi connectivity index (χ1v) is 5.89. The standard InChI is InChI=1S/C10H10Cl3NO/c11-4-7-5-14-10(15-7)6-1-2-8(12)9(13)3-6/h1-3,7,10,14H,4-5H2. The van der Waals surface area contributed by atoms with E-state index in [1.807, 2.05) is 6.07 Å². The molecule has 0 aliphatic carbocycles. The molecule has 0 amide bonds. The molecule has 1 aliphatic heterocycles. The van der Waals surface area contributed by atoms with E-state index in [0.29, 0.717) is 15.9 Å². The minimum Gasteiger partial charge on any atom is -0.353 e. The lowest BCUT2D eigenvalue weighted by Gasteiger charge is -2.12. The van der Waals surface area contributed by atoms with Crippen LogP contribution in [0.2, 0.25) is 10.0 Å². The van der Waals surface area contributed by atoms with E-state index in [4.69, 9.17) is 39.5 Å². The molecule has 2 nitrogen and oxygen atoms in total. The van der Waals surface area contributed by atoms with Gasteiger partial charge in [0.05, 0.1) is 16.1 Å². The lowest BCUT2D eigenvalue weighted by atomic mass is 10.2. The fraction of sp³-hybridized carbons (Fsp3) is 0.400. The molecule has 5 heteroatoms. The van der Waals surface area contributed by atoms with Gasteiger partial charge in [0.15, 0.2) is 0 Å². The number of hydrogen-bond donors (Lipinski definition) is 1. The van der Waals surface area contributed by atoms with Gasteiger partial charge < -0.3 is 4.74 Å². The van der Waals surface area contributed by atoms with Gasteiger partial charge in [0.1, 0.15) is 6.23 Å². The Hall–Kier alpha value is 0.01000. The van der Waals surface area contributed by atoms with E-state index in [2.05, 4.69) is 5.32 Å². The summed E-state index contributed by atoms with van der Waals surface area (Å²) in [5.74, 6) is 0.491. The summed E-state index contributed by atoms with van der Waals surface area (Å²) in [5, 5.41) is 4.30. The Morgan fingerprint density at radius 2 is 2.13 bits per heavy atom. The third-order valence-electron chi connectivity index (χ3n) is 2.28. The van der Waals surface area contributed by atoms with Crippen LogP contribution in [-0.4, -0.2) is 18.5 Å². The van der Waals surface area contributed by atoms with Crippen molar-refractivity contribution in [2.45, 2.75) is 12.3 Å². The highest BCUT2D eigenvalue weighted by Crippen LogP contribution is 2.28. The van der Waals surface area contributed by atoms with Gasteiger partial charge in [-0.25, -0.2) is 0 Å². The lowest BCUT2D eigenvalue weighted by molar-refractivity contribution is 0.0528. The van der Waals surface area contributed by atoms with E-state index in [0.717, 1.165) is 12.1 Å². The van der Waals surface area contributed by atoms with Crippen molar-refractivity contribution in [1.29, 1.82) is 0 Å². The third-order valence-corrected chi connectivity index (χ3v) is 3.36. The fourth-order valence-corrected chi connectivity index (χ4v) is 1.98. The second kappa shape index (κ2) is 4.89. The van der Waals surface area contributed by atoms with Crippen LogP contribution in [0.4, 0.5) is 0 Å². The number of hydrogen-bond acceptors (Lipinski definition) is 2. The summed E-state index contributed by atoms with van der Waals surface area (Å²) in [6, 6.07) is 5.46. The number of nitrogens with one attached hydrogen (secondary N) is 1. The van der Waals surface area contributed by atoms with E-state index in [-0.39, 0.29) is 12.3 Å². The molecule has 1 fully saturated rings. The molecule has 0 saturated carbocycles. The van der Waals surface area contributed by atoms with Crippen LogP contribution in [0, 0.1) is 0 Å². The van der Waals surface area contributed by atoms with Crippen molar-refractivity contribution < 1.29 is 4.74 Å². The Morgan fingerprint density at radius 3 is 2.73 bits per heavy atom. The smallest absolute Gasteiger partial charge is 0.134 e. The minimum atomic E-state index is -0.136. The van der Waals surface area contributed by atoms with Crippen LogP contribution in [0.5, 0.6) is 0 Å². The van der Waals surface area contributed by atoms with E-state index in [1.54, 1.807) is 12.1 Å². The average molecular weight is 267 g/mol. The van der Waals surface area contributed by atoms with Gasteiger partial charge in [-0.2, -0.15) is 0 Å². The molecule has 1 aromatic rings. The SMILES string of the molecule is ClCC1CNC(c2ccc(Cl)c(Cl)c2)O1. The van der Waals surface area contributed by atoms with Crippen molar-refractivity contribution in [3.63, 3.8) is 0 Å². The van der Waals surface area contributed by atoms with Gasteiger partial charge in [-0.15, -0.1) is 11.6 Å². The second-order valence-electron chi connectivity index (χ2n) is 3.37. The molecule has 1 aliphatic rings. The number of halogens is 3. The maximum Gasteiger partial charge on any atom is 0.134 e. The zero-order chi connectivity index (χ0) is 10.8. The molecule has 0 bridgehead atoms. The predicted molar refractivity (Wildman–Crippen MR) is 62.8 cm³/mol. The van der Waals surface area contributed by atoms with Gasteiger partial charge in [0, 0.05) is 12.4 Å². The van der Waals surface area contributed by atoms with Crippen molar-refractivity contribution >= 4 is 34.8 Å². The van der Waals surface area contributed by atoms with E-state index >= 15 is 0 Å². The molecular formula is C10H10Cl3NO. The van der Waals surface area contributed by atoms with Crippen molar-refractivity contribution in [2.24, 2.45) is 0 Å². The highest BCUT2D eigenvalue weighted by molar-refractivity contribution is 6.42. The van der Waals surface area contributed by atoms with Crippen molar-refractivity contribution in [1.82, 2.24) is 5.32 Å². The topological polar surface area (TPSA) is 21.3 Å². The Bertz CT molecular complexity index is 359.